The van der Waals surface area contributed by atoms with E-state index in [0.717, 1.165) is 25.1 Å². The standard InChI is InChI=1S/C20H23NO/c1-15-10-11-19-18(13-15)9-6-12-21(19)20(22)14-16(2)17-7-4-3-5-8-17/h3-5,7-8,10-11,13,16H,6,9,12,14H2,1-2H3. The zero-order valence-corrected chi connectivity index (χ0v) is 13.4. The molecule has 0 fully saturated rings. The lowest BCUT2D eigenvalue weighted by molar-refractivity contribution is -0.119. The van der Waals surface area contributed by atoms with Crippen LogP contribution in [0.3, 0.4) is 0 Å². The van der Waals surface area contributed by atoms with Crippen molar-refractivity contribution in [3.63, 3.8) is 0 Å². The van der Waals surface area contributed by atoms with E-state index in [-0.39, 0.29) is 11.8 Å². The molecular weight excluding hydrogens is 270 g/mol. The third kappa shape index (κ3) is 3.06. The zero-order valence-electron chi connectivity index (χ0n) is 13.4. The predicted molar refractivity (Wildman–Crippen MR) is 91.3 cm³/mol. The Bertz CT molecular complexity index is 663. The third-order valence-corrected chi connectivity index (χ3v) is 4.50. The average molecular weight is 293 g/mol. The van der Waals surface area contributed by atoms with Gasteiger partial charge in [-0.2, -0.15) is 0 Å². The first-order valence-electron chi connectivity index (χ1n) is 8.10. The van der Waals surface area contributed by atoms with Crippen molar-refractivity contribution >= 4 is 11.6 Å². The van der Waals surface area contributed by atoms with Gasteiger partial charge in [-0.25, -0.2) is 0 Å². The topological polar surface area (TPSA) is 20.3 Å². The lowest BCUT2D eigenvalue weighted by atomic mass is 9.95. The summed E-state index contributed by atoms with van der Waals surface area (Å²) in [5.74, 6) is 0.491. The van der Waals surface area contributed by atoms with Crippen LogP contribution in [-0.4, -0.2) is 12.5 Å². The smallest absolute Gasteiger partial charge is 0.227 e. The summed E-state index contributed by atoms with van der Waals surface area (Å²) in [5.41, 5.74) is 4.93. The lowest BCUT2D eigenvalue weighted by Crippen LogP contribution is -2.36. The molecule has 3 rings (SSSR count). The number of nitrogens with zero attached hydrogens (tertiary/aromatic N) is 1. The molecular formula is C20H23NO. The highest BCUT2D eigenvalue weighted by Crippen LogP contribution is 2.30. The van der Waals surface area contributed by atoms with Crippen LogP contribution in [-0.2, 0) is 11.2 Å². The van der Waals surface area contributed by atoms with Gasteiger partial charge in [0.05, 0.1) is 0 Å². The van der Waals surface area contributed by atoms with Gasteiger partial charge in [-0.3, -0.25) is 4.79 Å². The Morgan fingerprint density at radius 1 is 1.18 bits per heavy atom. The van der Waals surface area contributed by atoms with Gasteiger partial charge in [0, 0.05) is 18.7 Å². The Labute approximate surface area is 132 Å². The molecule has 0 spiro atoms. The first kappa shape index (κ1) is 14.8. The molecule has 0 bridgehead atoms. The van der Waals surface area contributed by atoms with Gasteiger partial charge in [-0.1, -0.05) is 55.0 Å². The van der Waals surface area contributed by atoms with Crippen LogP contribution in [0, 0.1) is 6.92 Å². The van der Waals surface area contributed by atoms with Crippen molar-refractivity contribution in [1.82, 2.24) is 0 Å². The summed E-state index contributed by atoms with van der Waals surface area (Å²) in [6, 6.07) is 16.7. The van der Waals surface area contributed by atoms with E-state index >= 15 is 0 Å². The molecule has 2 aromatic rings. The fourth-order valence-electron chi connectivity index (χ4n) is 3.26. The molecule has 1 aliphatic rings. The van der Waals surface area contributed by atoms with Crippen LogP contribution in [0.1, 0.15) is 42.4 Å². The number of hydrogen-bond acceptors (Lipinski definition) is 1. The van der Waals surface area contributed by atoms with Crippen molar-refractivity contribution < 1.29 is 4.79 Å². The maximum absolute atomic E-state index is 12.8. The summed E-state index contributed by atoms with van der Waals surface area (Å²) >= 11 is 0. The van der Waals surface area contributed by atoms with Gasteiger partial charge in [-0.05, 0) is 42.9 Å². The molecule has 114 valence electrons. The predicted octanol–water partition coefficient (Wildman–Crippen LogP) is 4.47. The zero-order chi connectivity index (χ0) is 15.5. The Morgan fingerprint density at radius 2 is 1.95 bits per heavy atom. The number of carbonyl (C=O) groups is 1. The lowest BCUT2D eigenvalue weighted by Gasteiger charge is -2.30. The molecule has 2 nitrogen and oxygen atoms in total. The summed E-state index contributed by atoms with van der Waals surface area (Å²) in [4.78, 5) is 14.7. The second-order valence-corrected chi connectivity index (χ2v) is 6.30. The van der Waals surface area contributed by atoms with Gasteiger partial charge in [0.15, 0.2) is 0 Å². The summed E-state index contributed by atoms with van der Waals surface area (Å²) < 4.78 is 0. The number of aryl methyl sites for hydroxylation is 2. The monoisotopic (exact) mass is 293 g/mol. The van der Waals surface area contributed by atoms with E-state index in [9.17, 15) is 4.79 Å². The molecule has 0 aliphatic carbocycles. The largest absolute Gasteiger partial charge is 0.312 e. The van der Waals surface area contributed by atoms with Crippen molar-refractivity contribution in [2.24, 2.45) is 0 Å². The number of carbonyl (C=O) groups excluding carboxylic acids is 1. The van der Waals surface area contributed by atoms with Gasteiger partial charge >= 0.3 is 0 Å². The van der Waals surface area contributed by atoms with Crippen LogP contribution in [0.2, 0.25) is 0 Å². The maximum Gasteiger partial charge on any atom is 0.227 e. The van der Waals surface area contributed by atoms with Crippen LogP contribution in [0.5, 0.6) is 0 Å². The van der Waals surface area contributed by atoms with Crippen molar-refractivity contribution in [3.8, 4) is 0 Å². The molecule has 0 radical (unpaired) electrons. The van der Waals surface area contributed by atoms with Crippen molar-refractivity contribution in [1.29, 1.82) is 0 Å². The third-order valence-electron chi connectivity index (χ3n) is 4.50. The van der Waals surface area contributed by atoms with E-state index in [2.05, 4.69) is 44.2 Å². The normalized spacial score (nSPS) is 15.3. The number of fused-ring (bicyclic) bond motifs is 1. The fraction of sp³-hybridized carbons (Fsp3) is 0.350. The minimum Gasteiger partial charge on any atom is -0.312 e. The van der Waals surface area contributed by atoms with E-state index in [1.165, 1.54) is 16.7 Å². The minimum absolute atomic E-state index is 0.237. The second-order valence-electron chi connectivity index (χ2n) is 6.30. The Morgan fingerprint density at radius 3 is 2.73 bits per heavy atom. The van der Waals surface area contributed by atoms with Gasteiger partial charge in [0.1, 0.15) is 0 Å². The highest BCUT2D eigenvalue weighted by molar-refractivity contribution is 5.95. The van der Waals surface area contributed by atoms with Crippen LogP contribution in [0.4, 0.5) is 5.69 Å². The van der Waals surface area contributed by atoms with E-state index in [1.54, 1.807) is 0 Å². The molecule has 0 aromatic heterocycles. The Kier molecular flexibility index (Phi) is 4.28. The molecule has 1 aliphatic heterocycles. The molecule has 0 saturated carbocycles. The molecule has 2 aromatic carbocycles. The molecule has 2 heteroatoms. The fourth-order valence-corrected chi connectivity index (χ4v) is 3.26. The molecule has 1 heterocycles. The van der Waals surface area contributed by atoms with Crippen molar-refractivity contribution in [2.45, 2.75) is 39.0 Å². The molecule has 1 atom stereocenters. The molecule has 1 amide bonds. The second kappa shape index (κ2) is 6.35. The number of rotatable bonds is 3. The summed E-state index contributed by atoms with van der Waals surface area (Å²) in [6.45, 7) is 5.09. The first-order chi connectivity index (χ1) is 10.6. The van der Waals surface area contributed by atoms with Gasteiger partial charge in [0.2, 0.25) is 5.91 Å². The summed E-state index contributed by atoms with van der Waals surface area (Å²) in [6.07, 6.45) is 2.70. The highest BCUT2D eigenvalue weighted by atomic mass is 16.2. The molecule has 0 N–H and O–H groups in total. The SMILES string of the molecule is Cc1ccc2c(c1)CCCN2C(=O)CC(C)c1ccccc1. The van der Waals surface area contributed by atoms with E-state index < -0.39 is 0 Å². The van der Waals surface area contributed by atoms with Crippen molar-refractivity contribution in [2.75, 3.05) is 11.4 Å². The van der Waals surface area contributed by atoms with E-state index in [4.69, 9.17) is 0 Å². The van der Waals surface area contributed by atoms with Gasteiger partial charge in [0.25, 0.3) is 0 Å². The Hall–Kier alpha value is -2.09. The van der Waals surface area contributed by atoms with Crippen LogP contribution in [0.15, 0.2) is 48.5 Å². The maximum atomic E-state index is 12.8. The number of anilines is 1. The van der Waals surface area contributed by atoms with E-state index in [1.807, 2.05) is 23.1 Å². The minimum atomic E-state index is 0.237. The number of benzene rings is 2. The average Bonchev–Trinajstić information content (AvgIpc) is 2.54. The quantitative estimate of drug-likeness (QED) is 0.817. The van der Waals surface area contributed by atoms with Crippen molar-refractivity contribution in [3.05, 3.63) is 65.2 Å². The molecule has 0 saturated heterocycles. The molecule has 1 unspecified atom stereocenters. The first-order valence-corrected chi connectivity index (χ1v) is 8.10. The highest BCUT2D eigenvalue weighted by Gasteiger charge is 2.24. The van der Waals surface area contributed by atoms with Gasteiger partial charge < -0.3 is 4.90 Å². The van der Waals surface area contributed by atoms with Gasteiger partial charge in [-0.15, -0.1) is 0 Å². The summed E-state index contributed by atoms with van der Waals surface area (Å²) in [5, 5.41) is 0. The van der Waals surface area contributed by atoms with E-state index in [0.29, 0.717) is 6.42 Å². The number of amides is 1. The summed E-state index contributed by atoms with van der Waals surface area (Å²) in [7, 11) is 0. The van der Waals surface area contributed by atoms with Crippen LogP contribution in [0.25, 0.3) is 0 Å². The Balaban J connectivity index is 1.77. The number of hydrogen-bond donors (Lipinski definition) is 0. The van der Waals surface area contributed by atoms with Crippen LogP contribution >= 0.6 is 0 Å². The molecule has 22 heavy (non-hydrogen) atoms. The van der Waals surface area contributed by atoms with Crippen LogP contribution < -0.4 is 4.90 Å².